The highest BCUT2D eigenvalue weighted by molar-refractivity contribution is 5.43. The summed E-state index contributed by atoms with van der Waals surface area (Å²) in [6, 6.07) is 31.0. The lowest BCUT2D eigenvalue weighted by Crippen LogP contribution is -1.98. The van der Waals surface area contributed by atoms with Gasteiger partial charge in [0, 0.05) is 11.4 Å². The van der Waals surface area contributed by atoms with Crippen LogP contribution in [0.3, 0.4) is 0 Å². The maximum atomic E-state index is 5.86. The smallest absolute Gasteiger partial charge is 0.0314 e. The number of aryl methyl sites for hydroxylation is 4. The quantitative estimate of drug-likeness (QED) is 0.0781. The molecule has 0 atom stereocenters. The minimum atomic E-state index is 0.835. The lowest BCUT2D eigenvalue weighted by Gasteiger charge is -2.12. The summed E-state index contributed by atoms with van der Waals surface area (Å²) >= 11 is 0. The van der Waals surface area contributed by atoms with Crippen molar-refractivity contribution in [2.24, 2.45) is 0 Å². The summed E-state index contributed by atoms with van der Waals surface area (Å²) in [5.74, 6) is 0. The summed E-state index contributed by atoms with van der Waals surface area (Å²) in [5.41, 5.74) is 25.1. The molecule has 2 nitrogen and oxygen atoms in total. The van der Waals surface area contributed by atoms with Gasteiger partial charge in [0.1, 0.15) is 0 Å². The molecule has 0 aromatic heterocycles. The van der Waals surface area contributed by atoms with Crippen LogP contribution in [0.4, 0.5) is 11.4 Å². The van der Waals surface area contributed by atoms with Crippen LogP contribution in [-0.2, 0) is 38.5 Å². The van der Waals surface area contributed by atoms with Gasteiger partial charge in [0.2, 0.25) is 0 Å². The molecule has 0 aliphatic rings. The number of benzene rings is 4. The molecular formula is C43H58N2. The summed E-state index contributed by atoms with van der Waals surface area (Å²) in [6.45, 7) is 4.59. The minimum absolute atomic E-state index is 0.835. The van der Waals surface area contributed by atoms with Crippen molar-refractivity contribution in [1.82, 2.24) is 0 Å². The van der Waals surface area contributed by atoms with E-state index < -0.39 is 0 Å². The normalized spacial score (nSPS) is 11.2. The van der Waals surface area contributed by atoms with Crippen molar-refractivity contribution >= 4 is 11.4 Å². The predicted octanol–water partition coefficient (Wildman–Crippen LogP) is 11.2. The summed E-state index contributed by atoms with van der Waals surface area (Å²) in [5, 5.41) is 0. The SMILES string of the molecule is CCCc1cc(Cc2ccc(N)cc2)ccc1CCCCCCCCCCCc1ccc(Cc2ccc(N)cc2)cc1CCC. The Morgan fingerprint density at radius 1 is 0.356 bits per heavy atom. The molecule has 240 valence electrons. The number of hydrogen-bond acceptors (Lipinski definition) is 2. The molecule has 4 aromatic carbocycles. The molecule has 0 aliphatic heterocycles. The van der Waals surface area contributed by atoms with Crippen LogP contribution in [0.25, 0.3) is 0 Å². The zero-order valence-corrected chi connectivity index (χ0v) is 28.3. The Morgan fingerprint density at radius 3 is 1.04 bits per heavy atom. The molecule has 0 radical (unpaired) electrons. The second-order valence-corrected chi connectivity index (χ2v) is 13.2. The summed E-state index contributed by atoms with van der Waals surface area (Å²) in [7, 11) is 0. The van der Waals surface area contributed by atoms with E-state index in [1.807, 2.05) is 24.3 Å². The van der Waals surface area contributed by atoms with E-state index in [2.05, 4.69) is 74.5 Å². The van der Waals surface area contributed by atoms with E-state index >= 15 is 0 Å². The van der Waals surface area contributed by atoms with Gasteiger partial charge in [-0.3, -0.25) is 0 Å². The van der Waals surface area contributed by atoms with Gasteiger partial charge in [-0.1, -0.05) is 132 Å². The van der Waals surface area contributed by atoms with Gasteiger partial charge in [-0.25, -0.2) is 0 Å². The van der Waals surface area contributed by atoms with Crippen LogP contribution in [0, 0.1) is 0 Å². The standard InChI is InChI=1S/C43H58N2/c1-3-14-40-32-36(30-34-20-26-42(44)27-21-34)18-24-38(40)16-12-10-8-6-5-7-9-11-13-17-39-25-19-37(33-41(39)15-4-2)31-35-22-28-43(45)29-23-35/h18-29,32-33H,3-17,30-31,44-45H2,1-2H3. The first kappa shape index (κ1) is 34.4. The molecule has 4 N–H and O–H groups in total. The van der Waals surface area contributed by atoms with Crippen molar-refractivity contribution in [3.8, 4) is 0 Å². The van der Waals surface area contributed by atoms with E-state index in [4.69, 9.17) is 11.5 Å². The average Bonchev–Trinajstić information content (AvgIpc) is 3.04. The number of nitrogens with two attached hydrogens (primary N) is 2. The molecule has 0 spiro atoms. The number of anilines is 2. The van der Waals surface area contributed by atoms with Crippen molar-refractivity contribution in [3.05, 3.63) is 129 Å². The van der Waals surface area contributed by atoms with Crippen LogP contribution in [0.5, 0.6) is 0 Å². The number of hydrogen-bond donors (Lipinski definition) is 2. The van der Waals surface area contributed by atoms with Gasteiger partial charge in [-0.15, -0.1) is 0 Å². The maximum absolute atomic E-state index is 5.86. The second kappa shape index (κ2) is 19.1. The van der Waals surface area contributed by atoms with E-state index in [-0.39, 0.29) is 0 Å². The molecule has 2 heteroatoms. The fourth-order valence-electron chi connectivity index (χ4n) is 6.68. The number of nitrogen functional groups attached to an aromatic ring is 2. The van der Waals surface area contributed by atoms with Crippen molar-refractivity contribution in [1.29, 1.82) is 0 Å². The third kappa shape index (κ3) is 12.1. The monoisotopic (exact) mass is 602 g/mol. The highest BCUT2D eigenvalue weighted by Crippen LogP contribution is 2.22. The third-order valence-corrected chi connectivity index (χ3v) is 9.25. The number of rotatable bonds is 20. The zero-order chi connectivity index (χ0) is 31.7. The van der Waals surface area contributed by atoms with Gasteiger partial charge in [-0.2, -0.15) is 0 Å². The van der Waals surface area contributed by atoms with Crippen LogP contribution in [0.15, 0.2) is 84.9 Å². The lowest BCUT2D eigenvalue weighted by molar-refractivity contribution is 0.558. The Hall–Kier alpha value is -3.52. The van der Waals surface area contributed by atoms with Crippen molar-refractivity contribution in [2.45, 2.75) is 123 Å². The number of unbranched alkanes of at least 4 members (excludes halogenated alkanes) is 8. The van der Waals surface area contributed by atoms with Gasteiger partial charge >= 0.3 is 0 Å². The zero-order valence-electron chi connectivity index (χ0n) is 28.3. The van der Waals surface area contributed by atoms with Crippen LogP contribution in [0.2, 0.25) is 0 Å². The van der Waals surface area contributed by atoms with Crippen molar-refractivity contribution in [3.63, 3.8) is 0 Å². The molecule has 4 rings (SSSR count). The molecule has 45 heavy (non-hydrogen) atoms. The van der Waals surface area contributed by atoms with Crippen LogP contribution < -0.4 is 11.5 Å². The summed E-state index contributed by atoms with van der Waals surface area (Å²) in [4.78, 5) is 0. The van der Waals surface area contributed by atoms with E-state index in [0.717, 1.165) is 24.2 Å². The van der Waals surface area contributed by atoms with Gasteiger partial charge in [0.25, 0.3) is 0 Å². The van der Waals surface area contributed by atoms with Gasteiger partial charge < -0.3 is 11.5 Å². The van der Waals surface area contributed by atoms with Crippen LogP contribution in [-0.4, -0.2) is 0 Å². The third-order valence-electron chi connectivity index (χ3n) is 9.25. The summed E-state index contributed by atoms with van der Waals surface area (Å²) < 4.78 is 0. The molecule has 0 fully saturated rings. The largest absolute Gasteiger partial charge is 0.399 e. The van der Waals surface area contributed by atoms with E-state index in [1.165, 1.54) is 119 Å². The van der Waals surface area contributed by atoms with Gasteiger partial charge in [0.05, 0.1) is 0 Å². The average molecular weight is 603 g/mol. The first-order valence-electron chi connectivity index (χ1n) is 17.9. The molecular weight excluding hydrogens is 544 g/mol. The Bertz CT molecular complexity index is 1290. The lowest BCUT2D eigenvalue weighted by atomic mass is 9.93. The van der Waals surface area contributed by atoms with E-state index in [9.17, 15) is 0 Å². The van der Waals surface area contributed by atoms with Crippen molar-refractivity contribution in [2.75, 3.05) is 11.5 Å². The topological polar surface area (TPSA) is 52.0 Å². The van der Waals surface area contributed by atoms with Crippen LogP contribution >= 0.6 is 0 Å². The van der Waals surface area contributed by atoms with Gasteiger partial charge in [0.15, 0.2) is 0 Å². The maximum Gasteiger partial charge on any atom is 0.0314 e. The van der Waals surface area contributed by atoms with E-state index in [0.29, 0.717) is 0 Å². The van der Waals surface area contributed by atoms with E-state index in [1.54, 1.807) is 22.3 Å². The van der Waals surface area contributed by atoms with Gasteiger partial charge in [-0.05, 0) is 120 Å². The Kier molecular flexibility index (Phi) is 14.6. The Morgan fingerprint density at radius 2 is 0.689 bits per heavy atom. The fraction of sp³-hybridized carbons (Fsp3) is 0.442. The molecule has 0 unspecified atom stereocenters. The Balaban J connectivity index is 1.09. The van der Waals surface area contributed by atoms with Crippen molar-refractivity contribution < 1.29 is 0 Å². The fourth-order valence-corrected chi connectivity index (χ4v) is 6.68. The molecule has 4 aromatic rings. The molecule has 0 saturated heterocycles. The molecule has 0 amide bonds. The molecule has 0 saturated carbocycles. The predicted molar refractivity (Wildman–Crippen MR) is 197 cm³/mol. The van der Waals surface area contributed by atoms with Crippen LogP contribution in [0.1, 0.15) is 129 Å². The molecule has 0 heterocycles. The first-order valence-corrected chi connectivity index (χ1v) is 17.9. The second-order valence-electron chi connectivity index (χ2n) is 13.2. The molecule has 0 aliphatic carbocycles. The first-order chi connectivity index (χ1) is 22.0. The minimum Gasteiger partial charge on any atom is -0.399 e. The Labute approximate surface area is 274 Å². The summed E-state index contributed by atoms with van der Waals surface area (Å²) in [6.07, 6.45) is 21.4. The highest BCUT2D eigenvalue weighted by Gasteiger charge is 2.07. The molecule has 0 bridgehead atoms. The highest BCUT2D eigenvalue weighted by atomic mass is 14.5.